The molecule has 0 spiro atoms. The molecule has 0 aliphatic rings. The van der Waals surface area contributed by atoms with Crippen molar-refractivity contribution in [2.45, 2.75) is 33.6 Å². The van der Waals surface area contributed by atoms with E-state index in [1.165, 1.54) is 18.3 Å². The lowest BCUT2D eigenvalue weighted by atomic mass is 10.2. The van der Waals surface area contributed by atoms with E-state index >= 15 is 0 Å². The maximum Gasteiger partial charge on any atom is 0.311 e. The van der Waals surface area contributed by atoms with Crippen LogP contribution in [-0.4, -0.2) is 23.5 Å². The minimum Gasteiger partial charge on any atom is -0.466 e. The molecule has 94 valence electrons. The van der Waals surface area contributed by atoms with Crippen molar-refractivity contribution < 1.29 is 14.3 Å². The van der Waals surface area contributed by atoms with E-state index in [0.717, 1.165) is 11.3 Å². The predicted octanol–water partition coefficient (Wildman–Crippen LogP) is 1.77. The Bertz CT molecular complexity index is 415. The molecule has 1 amide bonds. The van der Waals surface area contributed by atoms with Gasteiger partial charge in [0.1, 0.15) is 0 Å². The van der Waals surface area contributed by atoms with Gasteiger partial charge in [-0.15, -0.1) is 11.3 Å². The van der Waals surface area contributed by atoms with Crippen molar-refractivity contribution in [2.75, 3.05) is 11.9 Å². The minimum atomic E-state index is -0.290. The molecule has 0 aliphatic heterocycles. The molecule has 0 bridgehead atoms. The van der Waals surface area contributed by atoms with E-state index in [1.54, 1.807) is 6.92 Å². The number of nitrogens with one attached hydrogen (secondary N) is 1. The number of esters is 1. The van der Waals surface area contributed by atoms with E-state index in [-0.39, 0.29) is 18.3 Å². The fourth-order valence-corrected chi connectivity index (χ4v) is 2.31. The molecule has 5 nitrogen and oxygen atoms in total. The zero-order chi connectivity index (χ0) is 12.8. The van der Waals surface area contributed by atoms with Crippen molar-refractivity contribution in [2.24, 2.45) is 0 Å². The van der Waals surface area contributed by atoms with Gasteiger partial charge in [-0.25, -0.2) is 4.98 Å². The van der Waals surface area contributed by atoms with Crippen molar-refractivity contribution in [3.05, 3.63) is 10.6 Å². The monoisotopic (exact) mass is 256 g/mol. The van der Waals surface area contributed by atoms with E-state index in [4.69, 9.17) is 4.74 Å². The van der Waals surface area contributed by atoms with Gasteiger partial charge in [0.15, 0.2) is 5.13 Å². The number of amides is 1. The summed E-state index contributed by atoms with van der Waals surface area (Å²) in [5.74, 6) is -0.453. The minimum absolute atomic E-state index is 0.160. The van der Waals surface area contributed by atoms with Gasteiger partial charge in [0.25, 0.3) is 0 Å². The first kappa shape index (κ1) is 13.6. The number of rotatable bonds is 5. The number of carbonyl (C=O) groups excluding carboxylic acids is 2. The lowest BCUT2D eigenvalue weighted by molar-refractivity contribution is -0.142. The van der Waals surface area contributed by atoms with Crippen LogP contribution in [0.2, 0.25) is 0 Å². The molecule has 1 aromatic heterocycles. The van der Waals surface area contributed by atoms with Crippen LogP contribution in [0.5, 0.6) is 0 Å². The lowest BCUT2D eigenvalue weighted by Gasteiger charge is -2.00. The van der Waals surface area contributed by atoms with Crippen LogP contribution in [0.3, 0.4) is 0 Å². The number of hydrogen-bond acceptors (Lipinski definition) is 5. The second-order valence-corrected chi connectivity index (χ2v) is 4.49. The van der Waals surface area contributed by atoms with Crippen LogP contribution in [-0.2, 0) is 27.2 Å². The molecule has 0 aliphatic carbocycles. The Morgan fingerprint density at radius 2 is 2.12 bits per heavy atom. The Hall–Kier alpha value is -1.43. The average Bonchev–Trinajstić information content (AvgIpc) is 2.59. The summed E-state index contributed by atoms with van der Waals surface area (Å²) in [4.78, 5) is 27.5. The van der Waals surface area contributed by atoms with Gasteiger partial charge in [-0.05, 0) is 13.3 Å². The average molecular weight is 256 g/mol. The van der Waals surface area contributed by atoms with Crippen molar-refractivity contribution in [3.8, 4) is 0 Å². The van der Waals surface area contributed by atoms with Crippen LogP contribution in [0.1, 0.15) is 31.3 Å². The van der Waals surface area contributed by atoms with Gasteiger partial charge in [0.2, 0.25) is 5.91 Å². The van der Waals surface area contributed by atoms with Crippen LogP contribution in [0, 0.1) is 0 Å². The zero-order valence-corrected chi connectivity index (χ0v) is 11.0. The summed E-state index contributed by atoms with van der Waals surface area (Å²) >= 11 is 1.40. The third kappa shape index (κ3) is 4.14. The van der Waals surface area contributed by atoms with E-state index < -0.39 is 0 Å². The maximum absolute atomic E-state index is 11.4. The normalized spacial score (nSPS) is 10.1. The molecule has 1 heterocycles. The SMILES string of the molecule is CCOC(=O)Cc1nc(NC(C)=O)sc1CC. The Labute approximate surface area is 104 Å². The Balaban J connectivity index is 2.79. The molecule has 1 N–H and O–H groups in total. The molecule has 0 radical (unpaired) electrons. The summed E-state index contributed by atoms with van der Waals surface area (Å²) < 4.78 is 4.87. The van der Waals surface area contributed by atoms with Crippen molar-refractivity contribution >= 4 is 28.3 Å². The zero-order valence-electron chi connectivity index (χ0n) is 10.2. The predicted molar refractivity (Wildman–Crippen MR) is 66.1 cm³/mol. The maximum atomic E-state index is 11.4. The van der Waals surface area contributed by atoms with E-state index in [2.05, 4.69) is 10.3 Å². The van der Waals surface area contributed by atoms with Gasteiger partial charge < -0.3 is 10.1 Å². The standard InChI is InChI=1S/C11H16N2O3S/c1-4-9-8(6-10(15)16-5-2)13-11(17-9)12-7(3)14/h4-6H2,1-3H3,(H,12,13,14). The first-order valence-corrected chi connectivity index (χ1v) is 6.30. The summed E-state index contributed by atoms with van der Waals surface area (Å²) in [6.45, 7) is 5.54. The second-order valence-electron chi connectivity index (χ2n) is 3.41. The molecular formula is C11H16N2O3S. The van der Waals surface area contributed by atoms with Crippen molar-refractivity contribution in [1.29, 1.82) is 0 Å². The summed E-state index contributed by atoms with van der Waals surface area (Å²) in [7, 11) is 0. The first-order chi connectivity index (χ1) is 8.06. The molecular weight excluding hydrogens is 240 g/mol. The Morgan fingerprint density at radius 3 is 2.65 bits per heavy atom. The van der Waals surface area contributed by atoms with Crippen LogP contribution in [0.4, 0.5) is 5.13 Å². The van der Waals surface area contributed by atoms with Crippen LogP contribution in [0.15, 0.2) is 0 Å². The number of ether oxygens (including phenoxy) is 1. The van der Waals surface area contributed by atoms with E-state index in [1.807, 2.05) is 6.92 Å². The van der Waals surface area contributed by atoms with Gasteiger partial charge in [-0.2, -0.15) is 0 Å². The number of aromatic nitrogens is 1. The molecule has 0 aromatic carbocycles. The molecule has 0 fully saturated rings. The highest BCUT2D eigenvalue weighted by molar-refractivity contribution is 7.15. The highest BCUT2D eigenvalue weighted by Gasteiger charge is 2.14. The molecule has 17 heavy (non-hydrogen) atoms. The largest absolute Gasteiger partial charge is 0.466 e. The molecule has 6 heteroatoms. The molecule has 0 unspecified atom stereocenters. The molecule has 0 saturated carbocycles. The summed E-state index contributed by atoms with van der Waals surface area (Å²) in [5, 5.41) is 3.16. The highest BCUT2D eigenvalue weighted by Crippen LogP contribution is 2.24. The number of hydrogen-bond donors (Lipinski definition) is 1. The molecule has 1 rings (SSSR count). The molecule has 0 atom stereocenters. The third-order valence-electron chi connectivity index (χ3n) is 2.00. The first-order valence-electron chi connectivity index (χ1n) is 5.48. The fraction of sp³-hybridized carbons (Fsp3) is 0.545. The highest BCUT2D eigenvalue weighted by atomic mass is 32.1. The number of nitrogens with zero attached hydrogens (tertiary/aromatic N) is 1. The summed E-state index contributed by atoms with van der Waals surface area (Å²) in [5.41, 5.74) is 0.694. The van der Waals surface area contributed by atoms with Crippen LogP contribution < -0.4 is 5.32 Å². The van der Waals surface area contributed by atoms with Gasteiger partial charge in [0, 0.05) is 11.8 Å². The van der Waals surface area contributed by atoms with Crippen LogP contribution >= 0.6 is 11.3 Å². The van der Waals surface area contributed by atoms with Gasteiger partial charge >= 0.3 is 5.97 Å². The van der Waals surface area contributed by atoms with Gasteiger partial charge in [-0.1, -0.05) is 6.92 Å². The summed E-state index contributed by atoms with van der Waals surface area (Å²) in [6.07, 6.45) is 0.944. The van der Waals surface area contributed by atoms with Gasteiger partial charge in [-0.3, -0.25) is 9.59 Å². The lowest BCUT2D eigenvalue weighted by Crippen LogP contribution is -2.09. The van der Waals surface area contributed by atoms with Crippen LogP contribution in [0.25, 0.3) is 0 Å². The second kappa shape index (κ2) is 6.34. The Morgan fingerprint density at radius 1 is 1.41 bits per heavy atom. The number of thiazole rings is 1. The topological polar surface area (TPSA) is 68.3 Å². The smallest absolute Gasteiger partial charge is 0.311 e. The Kier molecular flexibility index (Phi) is 5.09. The summed E-state index contributed by atoms with van der Waals surface area (Å²) in [6, 6.07) is 0. The third-order valence-corrected chi connectivity index (χ3v) is 3.16. The van der Waals surface area contributed by atoms with Gasteiger partial charge in [0.05, 0.1) is 18.7 Å². The molecule has 0 saturated heterocycles. The number of anilines is 1. The molecule has 1 aromatic rings. The van der Waals surface area contributed by atoms with E-state index in [9.17, 15) is 9.59 Å². The quantitative estimate of drug-likeness (QED) is 0.815. The fourth-order valence-electron chi connectivity index (χ4n) is 1.35. The van der Waals surface area contributed by atoms with E-state index in [0.29, 0.717) is 17.4 Å². The number of aryl methyl sites for hydroxylation is 1. The van der Waals surface area contributed by atoms with Crippen molar-refractivity contribution in [3.63, 3.8) is 0 Å². The van der Waals surface area contributed by atoms with Crippen molar-refractivity contribution in [1.82, 2.24) is 4.98 Å². The number of carbonyl (C=O) groups is 2.